The second kappa shape index (κ2) is 6.35. The largest absolute Gasteiger partial charge is 0.478 e. The average molecular weight is 279 g/mol. The van der Waals surface area contributed by atoms with Crippen molar-refractivity contribution in [2.45, 2.75) is 39.3 Å². The summed E-state index contributed by atoms with van der Waals surface area (Å²) in [7, 11) is 0. The summed E-state index contributed by atoms with van der Waals surface area (Å²) in [5, 5.41) is 8.62. The molecule has 19 heavy (non-hydrogen) atoms. The van der Waals surface area contributed by atoms with Crippen molar-refractivity contribution in [1.82, 2.24) is 4.90 Å². The van der Waals surface area contributed by atoms with Gasteiger partial charge in [-0.1, -0.05) is 13.8 Å². The number of thiophene rings is 1. The minimum atomic E-state index is -0.894. The first-order valence-corrected chi connectivity index (χ1v) is 7.60. The zero-order valence-electron chi connectivity index (χ0n) is 11.5. The van der Waals surface area contributed by atoms with E-state index in [1.54, 1.807) is 17.4 Å². The van der Waals surface area contributed by atoms with Gasteiger partial charge >= 0.3 is 5.97 Å². The Labute approximate surface area is 118 Å². The summed E-state index contributed by atoms with van der Waals surface area (Å²) >= 11 is 1.68. The molecule has 1 saturated carbocycles. The van der Waals surface area contributed by atoms with Gasteiger partial charge in [0.05, 0.1) is 0 Å². The third kappa shape index (κ3) is 4.80. The van der Waals surface area contributed by atoms with E-state index in [2.05, 4.69) is 24.8 Å². The van der Waals surface area contributed by atoms with E-state index in [4.69, 9.17) is 5.11 Å². The minimum Gasteiger partial charge on any atom is -0.478 e. The second-order valence-corrected chi connectivity index (χ2v) is 6.73. The normalized spacial score (nSPS) is 15.8. The molecule has 0 atom stereocenters. The molecule has 1 heterocycles. The number of hydrogen-bond acceptors (Lipinski definition) is 3. The van der Waals surface area contributed by atoms with E-state index < -0.39 is 5.97 Å². The molecule has 3 nitrogen and oxygen atoms in total. The predicted octanol–water partition coefficient (Wildman–Crippen LogP) is 3.47. The summed E-state index contributed by atoms with van der Waals surface area (Å²) in [6.45, 7) is 6.65. The molecule has 0 saturated heterocycles. The van der Waals surface area contributed by atoms with E-state index >= 15 is 0 Å². The van der Waals surface area contributed by atoms with Crippen molar-refractivity contribution in [3.8, 4) is 0 Å². The van der Waals surface area contributed by atoms with E-state index in [1.807, 2.05) is 6.07 Å². The fourth-order valence-electron chi connectivity index (χ4n) is 2.17. The summed E-state index contributed by atoms with van der Waals surface area (Å²) in [4.78, 5) is 15.4. The molecule has 1 aromatic rings. The van der Waals surface area contributed by atoms with E-state index in [0.717, 1.165) is 24.0 Å². The van der Waals surface area contributed by atoms with Crippen molar-refractivity contribution in [1.29, 1.82) is 0 Å². The van der Waals surface area contributed by atoms with Crippen molar-refractivity contribution in [3.63, 3.8) is 0 Å². The number of rotatable bonds is 7. The van der Waals surface area contributed by atoms with Crippen molar-refractivity contribution >= 4 is 23.4 Å². The lowest BCUT2D eigenvalue weighted by Crippen LogP contribution is -2.29. The maximum absolute atomic E-state index is 10.5. The summed E-state index contributed by atoms with van der Waals surface area (Å²) in [5.74, 6) is -0.207. The smallest absolute Gasteiger partial charge is 0.328 e. The molecule has 1 aromatic heterocycles. The number of carboxylic acid groups (broad SMARTS) is 1. The molecule has 0 aliphatic heterocycles. The van der Waals surface area contributed by atoms with E-state index in [1.165, 1.54) is 23.8 Å². The summed E-state index contributed by atoms with van der Waals surface area (Å²) < 4.78 is 0. The second-order valence-electron chi connectivity index (χ2n) is 5.53. The number of hydrogen-bond donors (Lipinski definition) is 1. The van der Waals surface area contributed by atoms with Crippen LogP contribution in [0.1, 0.15) is 36.4 Å². The highest BCUT2D eigenvalue weighted by Crippen LogP contribution is 2.30. The van der Waals surface area contributed by atoms with Crippen LogP contribution in [0.25, 0.3) is 6.08 Å². The summed E-state index contributed by atoms with van der Waals surface area (Å²) in [5.41, 5.74) is 0. The van der Waals surface area contributed by atoms with Crippen molar-refractivity contribution in [2.75, 3.05) is 6.54 Å². The van der Waals surface area contributed by atoms with Crippen LogP contribution >= 0.6 is 11.3 Å². The van der Waals surface area contributed by atoms with Gasteiger partial charge in [0.2, 0.25) is 0 Å². The standard InChI is InChI=1S/C15H21NO2S/c1-11(2)9-16(12-3-4-12)10-14-6-5-13(19-14)7-8-15(17)18/h5-8,11-12H,3-4,9-10H2,1-2H3,(H,17,18). The SMILES string of the molecule is CC(C)CN(Cc1ccc(C=CC(=O)O)s1)C1CC1. The lowest BCUT2D eigenvalue weighted by Gasteiger charge is -2.23. The molecule has 1 N–H and O–H groups in total. The average Bonchev–Trinajstić information content (AvgIpc) is 3.07. The topological polar surface area (TPSA) is 40.5 Å². The van der Waals surface area contributed by atoms with Crippen LogP contribution in [0.5, 0.6) is 0 Å². The van der Waals surface area contributed by atoms with Crippen LogP contribution in [0.15, 0.2) is 18.2 Å². The molecule has 1 aliphatic rings. The molecule has 0 amide bonds. The van der Waals surface area contributed by atoms with Gasteiger partial charge in [-0.05, 0) is 37.0 Å². The van der Waals surface area contributed by atoms with Gasteiger partial charge in [-0.15, -0.1) is 11.3 Å². The van der Waals surface area contributed by atoms with E-state index in [9.17, 15) is 4.79 Å². The Hall–Kier alpha value is -1.13. The van der Waals surface area contributed by atoms with Crippen molar-refractivity contribution in [2.24, 2.45) is 5.92 Å². The summed E-state index contributed by atoms with van der Waals surface area (Å²) in [6, 6.07) is 4.88. The molecular weight excluding hydrogens is 258 g/mol. The molecule has 0 spiro atoms. The third-order valence-electron chi connectivity index (χ3n) is 3.09. The fourth-order valence-corrected chi connectivity index (χ4v) is 3.12. The summed E-state index contributed by atoms with van der Waals surface area (Å²) in [6.07, 6.45) is 5.51. The lowest BCUT2D eigenvalue weighted by atomic mass is 10.2. The van der Waals surface area contributed by atoms with Gasteiger partial charge in [-0.2, -0.15) is 0 Å². The molecule has 1 fully saturated rings. The van der Waals surface area contributed by atoms with Crippen LogP contribution in [0.4, 0.5) is 0 Å². The first-order chi connectivity index (χ1) is 9.04. The van der Waals surface area contributed by atoms with E-state index in [0.29, 0.717) is 5.92 Å². The molecule has 0 aromatic carbocycles. The Morgan fingerprint density at radius 2 is 2.26 bits per heavy atom. The van der Waals surface area contributed by atoms with Gasteiger partial charge in [-0.3, -0.25) is 4.90 Å². The maximum atomic E-state index is 10.5. The molecular formula is C15H21NO2S. The zero-order valence-corrected chi connectivity index (χ0v) is 12.3. The molecule has 0 radical (unpaired) electrons. The van der Waals surface area contributed by atoms with Crippen LogP contribution in [0, 0.1) is 5.92 Å². The molecule has 0 unspecified atom stereocenters. The van der Waals surface area contributed by atoms with Gasteiger partial charge in [0.1, 0.15) is 0 Å². The van der Waals surface area contributed by atoms with Crippen molar-refractivity contribution < 1.29 is 9.90 Å². The number of carbonyl (C=O) groups is 1. The fraction of sp³-hybridized carbons (Fsp3) is 0.533. The quantitative estimate of drug-likeness (QED) is 0.777. The minimum absolute atomic E-state index is 0.687. The monoisotopic (exact) mass is 279 g/mol. The molecule has 2 rings (SSSR count). The van der Waals surface area contributed by atoms with Gasteiger partial charge in [0.15, 0.2) is 0 Å². The lowest BCUT2D eigenvalue weighted by molar-refractivity contribution is -0.131. The Morgan fingerprint density at radius 3 is 2.84 bits per heavy atom. The Morgan fingerprint density at radius 1 is 1.53 bits per heavy atom. The predicted molar refractivity (Wildman–Crippen MR) is 79.3 cm³/mol. The number of carboxylic acids is 1. The molecule has 1 aliphatic carbocycles. The third-order valence-corrected chi connectivity index (χ3v) is 4.13. The molecule has 0 bridgehead atoms. The van der Waals surface area contributed by atoms with Crippen LogP contribution in [0.2, 0.25) is 0 Å². The Kier molecular flexibility index (Phi) is 4.77. The van der Waals surface area contributed by atoms with Crippen LogP contribution in [-0.2, 0) is 11.3 Å². The van der Waals surface area contributed by atoms with Crippen LogP contribution < -0.4 is 0 Å². The van der Waals surface area contributed by atoms with Crippen LogP contribution in [-0.4, -0.2) is 28.6 Å². The van der Waals surface area contributed by atoms with Crippen molar-refractivity contribution in [3.05, 3.63) is 28.0 Å². The first kappa shape index (κ1) is 14.3. The number of nitrogens with zero attached hydrogens (tertiary/aromatic N) is 1. The van der Waals surface area contributed by atoms with Gasteiger partial charge in [-0.25, -0.2) is 4.79 Å². The number of aliphatic carboxylic acids is 1. The molecule has 4 heteroatoms. The highest BCUT2D eigenvalue weighted by atomic mass is 32.1. The van der Waals surface area contributed by atoms with Gasteiger partial charge < -0.3 is 5.11 Å². The van der Waals surface area contributed by atoms with E-state index in [-0.39, 0.29) is 0 Å². The Balaban J connectivity index is 1.95. The highest BCUT2D eigenvalue weighted by Gasteiger charge is 2.29. The first-order valence-electron chi connectivity index (χ1n) is 6.78. The van der Waals surface area contributed by atoms with Gasteiger partial charge in [0, 0.05) is 35.0 Å². The van der Waals surface area contributed by atoms with Gasteiger partial charge in [0.25, 0.3) is 0 Å². The molecule has 104 valence electrons. The van der Waals surface area contributed by atoms with Crippen LogP contribution in [0.3, 0.4) is 0 Å². The maximum Gasteiger partial charge on any atom is 0.328 e. The highest BCUT2D eigenvalue weighted by molar-refractivity contribution is 7.12. The Bertz CT molecular complexity index is 460. The zero-order chi connectivity index (χ0) is 13.8.